The topological polar surface area (TPSA) is 79.3 Å². The molecule has 0 spiro atoms. The summed E-state index contributed by atoms with van der Waals surface area (Å²) in [5.41, 5.74) is -0.392. The van der Waals surface area contributed by atoms with Gasteiger partial charge in [0.2, 0.25) is 0 Å². The molecule has 0 aromatic carbocycles. The second-order valence-corrected chi connectivity index (χ2v) is 5.79. The van der Waals surface area contributed by atoms with Crippen LogP contribution in [-0.4, -0.2) is 27.5 Å². The molecule has 1 heterocycles. The zero-order chi connectivity index (χ0) is 14.8. The van der Waals surface area contributed by atoms with Crippen molar-refractivity contribution in [1.29, 1.82) is 0 Å². The number of carboxylic acids is 1. The summed E-state index contributed by atoms with van der Waals surface area (Å²) in [6.45, 7) is 0. The number of halogens is 2. The van der Waals surface area contributed by atoms with Gasteiger partial charge in [-0.15, -0.1) is 0 Å². The highest BCUT2D eigenvalue weighted by molar-refractivity contribution is 6.33. The zero-order valence-corrected chi connectivity index (χ0v) is 12.2. The maximum atomic E-state index is 12.2. The van der Waals surface area contributed by atoms with Crippen molar-refractivity contribution in [3.05, 3.63) is 28.0 Å². The van der Waals surface area contributed by atoms with Crippen LogP contribution in [0.3, 0.4) is 0 Å². The van der Waals surface area contributed by atoms with Gasteiger partial charge in [-0.25, -0.2) is 4.98 Å². The Morgan fingerprint density at radius 3 is 2.30 bits per heavy atom. The number of amides is 1. The van der Waals surface area contributed by atoms with Gasteiger partial charge in [0.15, 0.2) is 0 Å². The smallest absolute Gasteiger partial charge is 0.305 e. The fourth-order valence-corrected chi connectivity index (χ4v) is 3.06. The summed E-state index contributed by atoms with van der Waals surface area (Å²) < 4.78 is 0. The third kappa shape index (κ3) is 3.61. The number of aliphatic carboxylic acids is 1. The van der Waals surface area contributed by atoms with Gasteiger partial charge < -0.3 is 10.4 Å². The Bertz CT molecular complexity index is 522. The van der Waals surface area contributed by atoms with Crippen molar-refractivity contribution < 1.29 is 14.7 Å². The van der Waals surface area contributed by atoms with Gasteiger partial charge in [0, 0.05) is 5.56 Å². The first kappa shape index (κ1) is 15.1. The Morgan fingerprint density at radius 2 is 1.80 bits per heavy atom. The quantitative estimate of drug-likeness (QED) is 0.837. The summed E-state index contributed by atoms with van der Waals surface area (Å²) in [6.07, 6.45) is 3.07. The van der Waals surface area contributed by atoms with Crippen LogP contribution in [0, 0.1) is 0 Å². The summed E-state index contributed by atoms with van der Waals surface area (Å²) in [5, 5.41) is 12.1. The monoisotopic (exact) mass is 316 g/mol. The molecule has 0 atom stereocenters. The summed E-state index contributed by atoms with van der Waals surface area (Å²) in [5.74, 6) is -1.29. The van der Waals surface area contributed by atoms with Gasteiger partial charge >= 0.3 is 5.97 Å². The fraction of sp³-hybridized carbons (Fsp3) is 0.462. The number of carboxylic acid groups (broad SMARTS) is 1. The molecule has 1 aromatic heterocycles. The molecule has 7 heteroatoms. The predicted molar refractivity (Wildman–Crippen MR) is 75.2 cm³/mol. The minimum Gasteiger partial charge on any atom is -0.481 e. The second kappa shape index (κ2) is 5.97. The Balaban J connectivity index is 2.18. The van der Waals surface area contributed by atoms with E-state index in [1.165, 1.54) is 12.1 Å². The molecule has 1 amide bonds. The van der Waals surface area contributed by atoms with E-state index in [-0.39, 0.29) is 28.2 Å². The van der Waals surface area contributed by atoms with Crippen LogP contribution in [0.1, 0.15) is 42.5 Å². The maximum Gasteiger partial charge on any atom is 0.305 e. The molecule has 2 N–H and O–H groups in total. The van der Waals surface area contributed by atoms with Crippen LogP contribution in [0.4, 0.5) is 0 Å². The van der Waals surface area contributed by atoms with E-state index in [0.29, 0.717) is 12.8 Å². The molecule has 0 bridgehead atoms. The fourth-order valence-electron chi connectivity index (χ4n) is 2.60. The van der Waals surface area contributed by atoms with Crippen LogP contribution >= 0.6 is 23.2 Å². The molecule has 0 unspecified atom stereocenters. The molecule has 1 fully saturated rings. The van der Waals surface area contributed by atoms with Crippen molar-refractivity contribution in [2.24, 2.45) is 0 Å². The largest absolute Gasteiger partial charge is 0.481 e. The van der Waals surface area contributed by atoms with Gasteiger partial charge in [0.25, 0.3) is 5.91 Å². The number of nitrogens with zero attached hydrogens (tertiary/aromatic N) is 1. The maximum absolute atomic E-state index is 12.2. The Labute approximate surface area is 126 Å². The molecule has 0 radical (unpaired) electrons. The first-order valence-electron chi connectivity index (χ1n) is 6.28. The lowest BCUT2D eigenvalue weighted by Crippen LogP contribution is -2.47. The van der Waals surface area contributed by atoms with Crippen molar-refractivity contribution in [2.75, 3.05) is 0 Å². The SMILES string of the molecule is O=C(O)CC1(NC(=O)c2cc(Cl)nc(Cl)c2)CCCC1. The van der Waals surface area contributed by atoms with Gasteiger partial charge in [-0.2, -0.15) is 0 Å². The first-order valence-corrected chi connectivity index (χ1v) is 7.03. The van der Waals surface area contributed by atoms with E-state index >= 15 is 0 Å². The number of aromatic nitrogens is 1. The minimum absolute atomic E-state index is 0.0781. The average molecular weight is 317 g/mol. The van der Waals surface area contributed by atoms with Gasteiger partial charge in [0.05, 0.1) is 12.0 Å². The van der Waals surface area contributed by atoms with Crippen LogP contribution < -0.4 is 5.32 Å². The van der Waals surface area contributed by atoms with E-state index in [0.717, 1.165) is 12.8 Å². The molecular formula is C13H14Cl2N2O3. The third-order valence-corrected chi connectivity index (χ3v) is 3.84. The molecule has 1 aliphatic rings. The predicted octanol–water partition coefficient (Wildman–Crippen LogP) is 2.91. The average Bonchev–Trinajstić information content (AvgIpc) is 2.74. The van der Waals surface area contributed by atoms with Crippen LogP contribution in [0.2, 0.25) is 10.3 Å². The number of carbonyl (C=O) groups excluding carboxylic acids is 1. The van der Waals surface area contributed by atoms with Crippen LogP contribution in [0.5, 0.6) is 0 Å². The van der Waals surface area contributed by atoms with Gasteiger partial charge in [0.1, 0.15) is 10.3 Å². The van der Waals surface area contributed by atoms with Gasteiger partial charge in [-0.3, -0.25) is 9.59 Å². The normalized spacial score (nSPS) is 16.9. The second-order valence-electron chi connectivity index (χ2n) is 5.01. The highest BCUT2D eigenvalue weighted by Crippen LogP contribution is 2.33. The van der Waals surface area contributed by atoms with Crippen LogP contribution in [0.15, 0.2) is 12.1 Å². The van der Waals surface area contributed by atoms with Gasteiger partial charge in [-0.05, 0) is 25.0 Å². The van der Waals surface area contributed by atoms with Crippen LogP contribution in [0.25, 0.3) is 0 Å². The highest BCUT2D eigenvalue weighted by Gasteiger charge is 2.37. The first-order chi connectivity index (χ1) is 9.40. The molecule has 5 nitrogen and oxygen atoms in total. The highest BCUT2D eigenvalue weighted by atomic mass is 35.5. The van der Waals surface area contributed by atoms with Crippen molar-refractivity contribution in [3.63, 3.8) is 0 Å². The van der Waals surface area contributed by atoms with Crippen LogP contribution in [-0.2, 0) is 4.79 Å². The van der Waals surface area contributed by atoms with Crippen molar-refractivity contribution >= 4 is 35.1 Å². The molecule has 108 valence electrons. The molecular weight excluding hydrogens is 303 g/mol. The zero-order valence-electron chi connectivity index (χ0n) is 10.7. The third-order valence-electron chi connectivity index (χ3n) is 3.45. The number of nitrogens with one attached hydrogen (secondary N) is 1. The van der Waals surface area contributed by atoms with E-state index in [9.17, 15) is 9.59 Å². The number of carbonyl (C=O) groups is 2. The summed E-state index contributed by atoms with van der Waals surface area (Å²) in [7, 11) is 0. The molecule has 1 aliphatic carbocycles. The number of hydrogen-bond donors (Lipinski definition) is 2. The molecule has 0 saturated heterocycles. The summed E-state index contributed by atoms with van der Waals surface area (Å²) in [4.78, 5) is 27.0. The van der Waals surface area contributed by atoms with E-state index in [1.807, 2.05) is 0 Å². The summed E-state index contributed by atoms with van der Waals surface area (Å²) >= 11 is 11.5. The van der Waals surface area contributed by atoms with Gasteiger partial charge in [-0.1, -0.05) is 36.0 Å². The Hall–Kier alpha value is -1.33. The van der Waals surface area contributed by atoms with E-state index < -0.39 is 11.5 Å². The molecule has 20 heavy (non-hydrogen) atoms. The lowest BCUT2D eigenvalue weighted by Gasteiger charge is -2.28. The minimum atomic E-state index is -0.919. The molecule has 2 rings (SSSR count). The van der Waals surface area contributed by atoms with E-state index in [2.05, 4.69) is 10.3 Å². The lowest BCUT2D eigenvalue weighted by molar-refractivity contribution is -0.138. The van der Waals surface area contributed by atoms with E-state index in [4.69, 9.17) is 28.3 Å². The number of hydrogen-bond acceptors (Lipinski definition) is 3. The van der Waals surface area contributed by atoms with Crippen molar-refractivity contribution in [2.45, 2.75) is 37.6 Å². The Kier molecular flexibility index (Phi) is 4.50. The molecule has 0 aliphatic heterocycles. The summed E-state index contributed by atoms with van der Waals surface area (Å²) in [6, 6.07) is 2.82. The molecule has 1 saturated carbocycles. The standard InChI is InChI=1S/C13H14Cl2N2O3/c14-9-5-8(6-10(15)16-9)12(20)17-13(7-11(18)19)3-1-2-4-13/h5-6H,1-4,7H2,(H,17,20)(H,18,19). The Morgan fingerprint density at radius 1 is 1.25 bits per heavy atom. The number of pyridine rings is 1. The van der Waals surface area contributed by atoms with E-state index in [1.54, 1.807) is 0 Å². The molecule has 1 aromatic rings. The number of rotatable bonds is 4. The van der Waals surface area contributed by atoms with Crippen molar-refractivity contribution in [1.82, 2.24) is 10.3 Å². The van der Waals surface area contributed by atoms with Crippen molar-refractivity contribution in [3.8, 4) is 0 Å². The lowest BCUT2D eigenvalue weighted by atomic mass is 9.92.